The third-order valence-corrected chi connectivity index (χ3v) is 3.37. The zero-order valence-electron chi connectivity index (χ0n) is 7.91. The van der Waals surface area contributed by atoms with E-state index in [1.807, 2.05) is 6.92 Å². The molecule has 0 heterocycles. The third-order valence-electron chi connectivity index (χ3n) is 2.09. The van der Waals surface area contributed by atoms with E-state index in [9.17, 15) is 9.32 Å². The van der Waals surface area contributed by atoms with Gasteiger partial charge >= 0.3 is 0 Å². The molecule has 0 bridgehead atoms. The first-order valence-corrected chi connectivity index (χ1v) is 5.39. The van der Waals surface area contributed by atoms with Gasteiger partial charge in [0.05, 0.1) is 0 Å². The summed E-state index contributed by atoms with van der Waals surface area (Å²) in [5, 5.41) is 9.75. The van der Waals surface area contributed by atoms with E-state index in [4.69, 9.17) is 4.55 Å². The zero-order chi connectivity index (χ0) is 9.78. The van der Waals surface area contributed by atoms with Gasteiger partial charge in [-0.1, -0.05) is 27.2 Å². The molecule has 0 rings (SSSR count). The van der Waals surface area contributed by atoms with Crippen LogP contribution in [0.15, 0.2) is 0 Å². The molecule has 0 aromatic rings. The lowest BCUT2D eigenvalue weighted by atomic mass is 10.0. The van der Waals surface area contributed by atoms with Gasteiger partial charge in [0.2, 0.25) is 0 Å². The fraction of sp³-hybridized carbons (Fsp3) is 1.00. The van der Waals surface area contributed by atoms with Crippen molar-refractivity contribution in [2.75, 3.05) is 0 Å². The highest BCUT2D eigenvalue weighted by molar-refractivity contribution is 7.80. The first-order valence-electron chi connectivity index (χ1n) is 4.28. The molecule has 0 aliphatic carbocycles. The summed E-state index contributed by atoms with van der Waals surface area (Å²) < 4.78 is 19.7. The summed E-state index contributed by atoms with van der Waals surface area (Å²) in [5.41, 5.74) is 0. The lowest BCUT2D eigenvalue weighted by Crippen LogP contribution is -2.39. The molecule has 0 radical (unpaired) electrons. The van der Waals surface area contributed by atoms with Gasteiger partial charge in [-0.2, -0.15) is 0 Å². The predicted octanol–water partition coefficient (Wildman–Crippen LogP) is 1.74. The van der Waals surface area contributed by atoms with E-state index in [0.717, 1.165) is 12.8 Å². The maximum absolute atomic E-state index is 10.8. The van der Waals surface area contributed by atoms with Crippen LogP contribution >= 0.6 is 0 Å². The highest BCUT2D eigenvalue weighted by atomic mass is 32.2. The van der Waals surface area contributed by atoms with Crippen LogP contribution in [0, 0.1) is 5.92 Å². The molecule has 0 aliphatic heterocycles. The summed E-state index contributed by atoms with van der Waals surface area (Å²) in [5.74, 6) is -0.185. The van der Waals surface area contributed by atoms with Crippen molar-refractivity contribution < 1.29 is 13.9 Å². The second-order valence-corrected chi connectivity index (χ2v) is 4.56. The van der Waals surface area contributed by atoms with Crippen LogP contribution in [0.2, 0.25) is 0 Å². The topological polar surface area (TPSA) is 57.5 Å². The lowest BCUT2D eigenvalue weighted by Gasteiger charge is -2.27. The minimum Gasteiger partial charge on any atom is -0.374 e. The Morgan fingerprint density at radius 2 is 2.00 bits per heavy atom. The maximum Gasteiger partial charge on any atom is 0.186 e. The first kappa shape index (κ1) is 12.1. The number of rotatable bonds is 5. The summed E-state index contributed by atoms with van der Waals surface area (Å²) >= 11 is -2.14. The Kier molecular flexibility index (Phi) is 4.97. The Morgan fingerprint density at radius 1 is 1.50 bits per heavy atom. The van der Waals surface area contributed by atoms with E-state index < -0.39 is 16.0 Å². The van der Waals surface area contributed by atoms with Crippen LogP contribution in [-0.4, -0.2) is 18.8 Å². The Labute approximate surface area is 76.5 Å². The zero-order valence-corrected chi connectivity index (χ0v) is 8.73. The van der Waals surface area contributed by atoms with E-state index in [1.165, 1.54) is 0 Å². The second kappa shape index (κ2) is 4.94. The van der Waals surface area contributed by atoms with Crippen LogP contribution in [0.4, 0.5) is 0 Å². The molecule has 4 heteroatoms. The maximum atomic E-state index is 10.8. The minimum atomic E-state index is -2.14. The standard InChI is InChI=1S/C8H18O3S/c1-4-5-6-8(9,7(2)3)12(10)11/h7,9H,4-6H2,1-3H3,(H,10,11). The first-order chi connectivity index (χ1) is 5.45. The van der Waals surface area contributed by atoms with Crippen LogP contribution in [0.3, 0.4) is 0 Å². The molecule has 2 unspecified atom stereocenters. The highest BCUT2D eigenvalue weighted by Gasteiger charge is 2.36. The van der Waals surface area contributed by atoms with Crippen molar-refractivity contribution in [1.82, 2.24) is 0 Å². The molecular formula is C8H18O3S. The minimum absolute atomic E-state index is 0.185. The summed E-state index contributed by atoms with van der Waals surface area (Å²) in [6.07, 6.45) is 2.09. The smallest absolute Gasteiger partial charge is 0.186 e. The van der Waals surface area contributed by atoms with Crippen LogP contribution in [0.5, 0.6) is 0 Å². The van der Waals surface area contributed by atoms with Crippen molar-refractivity contribution in [3.8, 4) is 0 Å². The van der Waals surface area contributed by atoms with Crippen molar-refractivity contribution >= 4 is 11.1 Å². The van der Waals surface area contributed by atoms with Crippen molar-refractivity contribution in [1.29, 1.82) is 0 Å². The lowest BCUT2D eigenvalue weighted by molar-refractivity contribution is 0.0639. The SMILES string of the molecule is CCCCC(O)(C(C)C)S(=O)O. The monoisotopic (exact) mass is 194 g/mol. The molecule has 2 atom stereocenters. The van der Waals surface area contributed by atoms with Gasteiger partial charge in [-0.3, -0.25) is 0 Å². The second-order valence-electron chi connectivity index (χ2n) is 3.35. The Morgan fingerprint density at radius 3 is 2.25 bits per heavy atom. The van der Waals surface area contributed by atoms with Crippen molar-refractivity contribution in [2.45, 2.75) is 45.0 Å². The molecule has 0 saturated carbocycles. The Bertz CT molecular complexity index is 158. The third kappa shape index (κ3) is 2.84. The molecule has 0 amide bonds. The number of aliphatic hydroxyl groups is 1. The molecule has 0 saturated heterocycles. The van der Waals surface area contributed by atoms with Crippen molar-refractivity contribution in [2.24, 2.45) is 5.92 Å². The van der Waals surface area contributed by atoms with Gasteiger partial charge in [0.1, 0.15) is 0 Å². The number of unbranched alkanes of at least 4 members (excludes halogenated alkanes) is 1. The number of hydrogen-bond acceptors (Lipinski definition) is 2. The Balaban J connectivity index is 4.29. The fourth-order valence-corrected chi connectivity index (χ4v) is 1.73. The van der Waals surface area contributed by atoms with Crippen molar-refractivity contribution in [3.63, 3.8) is 0 Å². The Hall–Kier alpha value is 0.0700. The highest BCUT2D eigenvalue weighted by Crippen LogP contribution is 2.26. The van der Waals surface area contributed by atoms with Gasteiger partial charge < -0.3 is 9.66 Å². The number of hydrogen-bond donors (Lipinski definition) is 2. The molecular weight excluding hydrogens is 176 g/mol. The molecule has 2 N–H and O–H groups in total. The van der Waals surface area contributed by atoms with E-state index in [1.54, 1.807) is 13.8 Å². The molecule has 12 heavy (non-hydrogen) atoms. The molecule has 74 valence electrons. The van der Waals surface area contributed by atoms with Crippen LogP contribution in [-0.2, 0) is 11.1 Å². The normalized spacial score (nSPS) is 19.2. The summed E-state index contributed by atoms with van der Waals surface area (Å²) in [6.45, 7) is 5.49. The fourth-order valence-electron chi connectivity index (χ4n) is 1.01. The van der Waals surface area contributed by atoms with E-state index in [2.05, 4.69) is 0 Å². The van der Waals surface area contributed by atoms with Crippen LogP contribution in [0.1, 0.15) is 40.0 Å². The van der Waals surface area contributed by atoms with Gasteiger partial charge in [-0.15, -0.1) is 0 Å². The summed E-state index contributed by atoms with van der Waals surface area (Å²) in [7, 11) is 0. The largest absolute Gasteiger partial charge is 0.374 e. The summed E-state index contributed by atoms with van der Waals surface area (Å²) in [4.78, 5) is -1.42. The molecule has 0 aliphatic rings. The van der Waals surface area contributed by atoms with Gasteiger partial charge in [-0.25, -0.2) is 4.21 Å². The van der Waals surface area contributed by atoms with Crippen LogP contribution in [0.25, 0.3) is 0 Å². The van der Waals surface area contributed by atoms with E-state index in [0.29, 0.717) is 6.42 Å². The van der Waals surface area contributed by atoms with Gasteiger partial charge in [0, 0.05) is 0 Å². The molecule has 0 spiro atoms. The predicted molar refractivity (Wildman–Crippen MR) is 50.1 cm³/mol. The summed E-state index contributed by atoms with van der Waals surface area (Å²) in [6, 6.07) is 0. The quantitative estimate of drug-likeness (QED) is 0.655. The molecule has 0 aromatic carbocycles. The van der Waals surface area contributed by atoms with E-state index in [-0.39, 0.29) is 5.92 Å². The van der Waals surface area contributed by atoms with Gasteiger partial charge in [0.15, 0.2) is 16.0 Å². The molecule has 0 aromatic heterocycles. The average molecular weight is 194 g/mol. The van der Waals surface area contributed by atoms with Gasteiger partial charge in [0.25, 0.3) is 0 Å². The van der Waals surface area contributed by atoms with E-state index >= 15 is 0 Å². The molecule has 3 nitrogen and oxygen atoms in total. The average Bonchev–Trinajstić information content (AvgIpc) is 1.99. The van der Waals surface area contributed by atoms with Crippen molar-refractivity contribution in [3.05, 3.63) is 0 Å². The van der Waals surface area contributed by atoms with Crippen LogP contribution < -0.4 is 0 Å². The molecule has 0 fully saturated rings. The van der Waals surface area contributed by atoms with Gasteiger partial charge in [-0.05, 0) is 18.8 Å².